The Balaban J connectivity index is 1.81. The third-order valence-electron chi connectivity index (χ3n) is 5.34. The van der Waals surface area contributed by atoms with E-state index < -0.39 is 0 Å². The molecule has 2 atom stereocenters. The predicted molar refractivity (Wildman–Crippen MR) is 85.5 cm³/mol. The third kappa shape index (κ3) is 1.85. The van der Waals surface area contributed by atoms with Crippen molar-refractivity contribution in [3.8, 4) is 0 Å². The minimum atomic E-state index is 0.135. The molecule has 0 aliphatic carbocycles. The van der Waals surface area contributed by atoms with E-state index in [-0.39, 0.29) is 5.54 Å². The number of nitrogens with one attached hydrogen (secondary N) is 1. The van der Waals surface area contributed by atoms with Crippen molar-refractivity contribution in [2.75, 3.05) is 24.5 Å². The predicted octanol–water partition coefficient (Wildman–Crippen LogP) is 2.37. The smallest absolute Gasteiger partial charge is 0.151 e. The van der Waals surface area contributed by atoms with Crippen LogP contribution in [0.5, 0.6) is 0 Å². The molecular weight excluding hydrogens is 260 g/mol. The van der Waals surface area contributed by atoms with E-state index in [0.29, 0.717) is 5.92 Å². The summed E-state index contributed by atoms with van der Waals surface area (Å²) in [5.41, 5.74) is 3.15. The summed E-state index contributed by atoms with van der Waals surface area (Å²) in [5, 5.41) is 3.53. The monoisotopic (exact) mass is 282 g/mol. The van der Waals surface area contributed by atoms with Crippen LogP contribution in [0, 0.1) is 18.8 Å². The van der Waals surface area contributed by atoms with Gasteiger partial charge in [0, 0.05) is 25.2 Å². The SMILES string of the molecule is Cc1nc2ccccc2nc1N1CC2CNCC2C1(C)C. The molecule has 2 unspecified atom stereocenters. The first-order valence-corrected chi connectivity index (χ1v) is 7.79. The van der Waals surface area contributed by atoms with Gasteiger partial charge < -0.3 is 10.2 Å². The van der Waals surface area contributed by atoms with Gasteiger partial charge in [-0.1, -0.05) is 12.1 Å². The highest BCUT2D eigenvalue weighted by atomic mass is 15.3. The highest BCUT2D eigenvalue weighted by molar-refractivity contribution is 5.76. The lowest BCUT2D eigenvalue weighted by molar-refractivity contribution is 0.356. The van der Waals surface area contributed by atoms with Crippen molar-refractivity contribution in [2.24, 2.45) is 11.8 Å². The number of rotatable bonds is 1. The van der Waals surface area contributed by atoms with Crippen LogP contribution in [0.2, 0.25) is 0 Å². The van der Waals surface area contributed by atoms with Crippen LogP contribution < -0.4 is 10.2 Å². The Morgan fingerprint density at radius 1 is 1.14 bits per heavy atom. The van der Waals surface area contributed by atoms with Gasteiger partial charge in [0.2, 0.25) is 0 Å². The zero-order valence-electron chi connectivity index (χ0n) is 12.9. The van der Waals surface area contributed by atoms with Crippen molar-refractivity contribution >= 4 is 16.9 Å². The first kappa shape index (κ1) is 13.0. The molecule has 0 amide bonds. The fourth-order valence-electron chi connectivity index (χ4n) is 4.12. The summed E-state index contributed by atoms with van der Waals surface area (Å²) in [4.78, 5) is 12.2. The minimum Gasteiger partial charge on any atom is -0.349 e. The molecule has 2 aromatic rings. The summed E-state index contributed by atoms with van der Waals surface area (Å²) >= 11 is 0. The van der Waals surface area contributed by atoms with E-state index in [1.165, 1.54) is 0 Å². The van der Waals surface area contributed by atoms with Gasteiger partial charge in [0.1, 0.15) is 0 Å². The molecule has 4 nitrogen and oxygen atoms in total. The van der Waals surface area contributed by atoms with Crippen molar-refractivity contribution in [1.29, 1.82) is 0 Å². The van der Waals surface area contributed by atoms with E-state index >= 15 is 0 Å². The van der Waals surface area contributed by atoms with Crippen LogP contribution in [-0.2, 0) is 0 Å². The number of aryl methyl sites for hydroxylation is 1. The highest BCUT2D eigenvalue weighted by Crippen LogP contribution is 2.43. The van der Waals surface area contributed by atoms with Gasteiger partial charge in [-0.3, -0.25) is 0 Å². The Morgan fingerprint density at radius 2 is 1.86 bits per heavy atom. The number of benzene rings is 1. The van der Waals surface area contributed by atoms with Crippen molar-refractivity contribution < 1.29 is 0 Å². The second kappa shape index (κ2) is 4.41. The van der Waals surface area contributed by atoms with E-state index in [1.54, 1.807) is 0 Å². The fraction of sp³-hybridized carbons (Fsp3) is 0.529. The summed E-state index contributed by atoms with van der Waals surface area (Å²) in [6.07, 6.45) is 0. The van der Waals surface area contributed by atoms with E-state index in [2.05, 4.69) is 37.1 Å². The number of nitrogens with zero attached hydrogens (tertiary/aromatic N) is 3. The first-order chi connectivity index (χ1) is 10.1. The zero-order chi connectivity index (χ0) is 14.6. The molecule has 4 heteroatoms. The quantitative estimate of drug-likeness (QED) is 0.872. The molecule has 0 saturated carbocycles. The van der Waals surface area contributed by atoms with Gasteiger partial charge in [-0.05, 0) is 44.7 Å². The van der Waals surface area contributed by atoms with E-state index in [1.807, 2.05) is 18.2 Å². The molecule has 110 valence electrons. The third-order valence-corrected chi connectivity index (χ3v) is 5.34. The van der Waals surface area contributed by atoms with Crippen LogP contribution in [0.1, 0.15) is 19.5 Å². The molecule has 21 heavy (non-hydrogen) atoms. The lowest BCUT2D eigenvalue weighted by Gasteiger charge is -2.37. The van der Waals surface area contributed by atoms with Gasteiger partial charge in [0.05, 0.1) is 16.7 Å². The number of anilines is 1. The lowest BCUT2D eigenvalue weighted by atomic mass is 9.85. The van der Waals surface area contributed by atoms with Crippen molar-refractivity contribution in [1.82, 2.24) is 15.3 Å². The molecule has 0 bridgehead atoms. The molecule has 2 aliphatic heterocycles. The minimum absolute atomic E-state index is 0.135. The maximum atomic E-state index is 4.92. The van der Waals surface area contributed by atoms with Crippen LogP contribution in [0.4, 0.5) is 5.82 Å². The number of aromatic nitrogens is 2. The molecule has 0 radical (unpaired) electrons. The fourth-order valence-corrected chi connectivity index (χ4v) is 4.12. The van der Waals surface area contributed by atoms with E-state index in [0.717, 1.165) is 48.1 Å². The Labute approximate surface area is 125 Å². The Bertz CT molecular complexity index is 694. The maximum Gasteiger partial charge on any atom is 0.151 e. The zero-order valence-corrected chi connectivity index (χ0v) is 12.9. The van der Waals surface area contributed by atoms with Crippen LogP contribution in [0.15, 0.2) is 24.3 Å². The lowest BCUT2D eigenvalue weighted by Crippen LogP contribution is -2.45. The van der Waals surface area contributed by atoms with E-state index in [9.17, 15) is 0 Å². The Kier molecular flexibility index (Phi) is 2.73. The normalized spacial score (nSPS) is 27.3. The van der Waals surface area contributed by atoms with Gasteiger partial charge in [-0.25, -0.2) is 9.97 Å². The van der Waals surface area contributed by atoms with Gasteiger partial charge in [0.25, 0.3) is 0 Å². The Hall–Kier alpha value is -1.68. The maximum absolute atomic E-state index is 4.92. The second-order valence-electron chi connectivity index (χ2n) is 6.91. The number of hydrogen-bond acceptors (Lipinski definition) is 4. The van der Waals surface area contributed by atoms with E-state index in [4.69, 9.17) is 9.97 Å². The molecule has 3 heterocycles. The van der Waals surface area contributed by atoms with Gasteiger partial charge in [0.15, 0.2) is 5.82 Å². The summed E-state index contributed by atoms with van der Waals surface area (Å²) < 4.78 is 0. The molecular formula is C17H22N4. The number of para-hydroxylation sites is 2. The highest BCUT2D eigenvalue weighted by Gasteiger charge is 2.50. The molecule has 1 aromatic heterocycles. The molecule has 2 fully saturated rings. The summed E-state index contributed by atoms with van der Waals surface area (Å²) in [5.74, 6) is 2.49. The summed E-state index contributed by atoms with van der Waals surface area (Å²) in [7, 11) is 0. The van der Waals surface area contributed by atoms with Crippen molar-refractivity contribution in [3.05, 3.63) is 30.0 Å². The largest absolute Gasteiger partial charge is 0.349 e. The first-order valence-electron chi connectivity index (χ1n) is 7.79. The molecule has 2 aliphatic rings. The average molecular weight is 282 g/mol. The number of fused-ring (bicyclic) bond motifs is 2. The molecule has 4 rings (SSSR count). The second-order valence-corrected chi connectivity index (χ2v) is 6.91. The van der Waals surface area contributed by atoms with Crippen molar-refractivity contribution in [2.45, 2.75) is 26.3 Å². The molecule has 0 spiro atoms. The van der Waals surface area contributed by atoms with Gasteiger partial charge >= 0.3 is 0 Å². The van der Waals surface area contributed by atoms with Crippen LogP contribution in [0.3, 0.4) is 0 Å². The summed E-state index contributed by atoms with van der Waals surface area (Å²) in [6.45, 7) is 10.1. The molecule has 1 N–H and O–H groups in total. The van der Waals surface area contributed by atoms with Crippen molar-refractivity contribution in [3.63, 3.8) is 0 Å². The Morgan fingerprint density at radius 3 is 2.57 bits per heavy atom. The van der Waals surface area contributed by atoms with Crippen LogP contribution >= 0.6 is 0 Å². The molecule has 1 aromatic carbocycles. The van der Waals surface area contributed by atoms with Crippen LogP contribution in [0.25, 0.3) is 11.0 Å². The topological polar surface area (TPSA) is 41.1 Å². The van der Waals surface area contributed by atoms with Gasteiger partial charge in [-0.15, -0.1) is 0 Å². The van der Waals surface area contributed by atoms with Crippen LogP contribution in [-0.4, -0.2) is 35.1 Å². The van der Waals surface area contributed by atoms with Gasteiger partial charge in [-0.2, -0.15) is 0 Å². The standard InChI is InChI=1S/C17H22N4/c1-11-16(20-15-7-5-4-6-14(15)19-11)21-10-12-8-18-9-13(12)17(21,2)3/h4-7,12-13,18H,8-10H2,1-3H3. The summed E-state index contributed by atoms with van der Waals surface area (Å²) in [6, 6.07) is 8.14. The molecule has 2 saturated heterocycles. The average Bonchev–Trinajstić information content (AvgIpc) is 3.01. The number of hydrogen-bond donors (Lipinski definition) is 1.